The average molecular weight is 237 g/mol. The number of nitrogens with two attached hydrogens (primary N) is 1. The van der Waals surface area contributed by atoms with Gasteiger partial charge in [0.25, 0.3) is 0 Å². The fraction of sp³-hybridized carbons (Fsp3) is 0.462. The molecule has 1 aromatic carbocycles. The molecule has 0 bridgehead atoms. The highest BCUT2D eigenvalue weighted by molar-refractivity contribution is 5.76. The number of ether oxygens (including phenoxy) is 1. The molecule has 0 aliphatic heterocycles. The lowest BCUT2D eigenvalue weighted by molar-refractivity contribution is -0.122. The van der Waals surface area contributed by atoms with Crippen molar-refractivity contribution < 1.29 is 14.6 Å². The fourth-order valence-electron chi connectivity index (χ4n) is 1.37. The van der Waals surface area contributed by atoms with Crippen LogP contribution in [0.2, 0.25) is 0 Å². The summed E-state index contributed by atoms with van der Waals surface area (Å²) in [5.74, 6) is 0.0373. The molecule has 0 saturated heterocycles. The van der Waals surface area contributed by atoms with Gasteiger partial charge in [0.2, 0.25) is 5.91 Å². The lowest BCUT2D eigenvalue weighted by atomic mass is 10.1. The zero-order valence-corrected chi connectivity index (χ0v) is 10.2. The minimum absolute atomic E-state index is 0.283. The van der Waals surface area contributed by atoms with Gasteiger partial charge in [0.05, 0.1) is 18.6 Å². The van der Waals surface area contributed by atoms with Gasteiger partial charge in [-0.3, -0.25) is 4.79 Å². The second kappa shape index (κ2) is 6.25. The van der Waals surface area contributed by atoms with E-state index in [0.717, 1.165) is 5.56 Å². The summed E-state index contributed by atoms with van der Waals surface area (Å²) in [5.41, 5.74) is 6.18. The topological polar surface area (TPSA) is 72.6 Å². The molecular formula is C13H19NO3. The fourth-order valence-corrected chi connectivity index (χ4v) is 1.37. The number of benzene rings is 1. The van der Waals surface area contributed by atoms with Crippen LogP contribution in [0.5, 0.6) is 5.75 Å². The molecule has 0 fully saturated rings. The Morgan fingerprint density at radius 2 is 1.94 bits per heavy atom. The van der Waals surface area contributed by atoms with Crippen LogP contribution in [0.4, 0.5) is 0 Å². The number of aliphatic hydroxyl groups is 1. The first kappa shape index (κ1) is 13.5. The smallest absolute Gasteiger partial charge is 0.223 e. The first-order valence-corrected chi connectivity index (χ1v) is 5.68. The molecule has 1 rings (SSSR count). The van der Waals surface area contributed by atoms with Gasteiger partial charge in [0, 0.05) is 0 Å². The number of hydrogen-bond acceptors (Lipinski definition) is 3. The standard InChI is InChI=1S/C13H19NO3/c1-9(13(14)16)8-17-12-5-3-11(4-6-12)7-10(2)15/h3-6,9-10,15H,7-8H2,1-2H3,(H2,14,16). The first-order valence-electron chi connectivity index (χ1n) is 5.68. The molecule has 1 amide bonds. The Morgan fingerprint density at radius 1 is 1.35 bits per heavy atom. The molecule has 0 aliphatic rings. The van der Waals surface area contributed by atoms with Gasteiger partial charge in [-0.05, 0) is 31.0 Å². The first-order chi connectivity index (χ1) is 7.99. The van der Waals surface area contributed by atoms with Crippen molar-refractivity contribution >= 4 is 5.91 Å². The Morgan fingerprint density at radius 3 is 2.41 bits per heavy atom. The highest BCUT2D eigenvalue weighted by Gasteiger charge is 2.09. The van der Waals surface area contributed by atoms with Crippen LogP contribution in [0.25, 0.3) is 0 Å². The van der Waals surface area contributed by atoms with Gasteiger partial charge in [0.1, 0.15) is 5.75 Å². The zero-order chi connectivity index (χ0) is 12.8. The van der Waals surface area contributed by atoms with E-state index in [1.807, 2.05) is 24.3 Å². The largest absolute Gasteiger partial charge is 0.493 e. The van der Waals surface area contributed by atoms with Crippen LogP contribution < -0.4 is 10.5 Å². The molecule has 0 aliphatic carbocycles. The van der Waals surface area contributed by atoms with E-state index in [9.17, 15) is 9.90 Å². The van der Waals surface area contributed by atoms with Gasteiger partial charge < -0.3 is 15.6 Å². The molecule has 2 unspecified atom stereocenters. The molecule has 3 N–H and O–H groups in total. The summed E-state index contributed by atoms with van der Waals surface area (Å²) in [7, 11) is 0. The van der Waals surface area contributed by atoms with Gasteiger partial charge in [-0.2, -0.15) is 0 Å². The highest BCUT2D eigenvalue weighted by Crippen LogP contribution is 2.14. The minimum Gasteiger partial charge on any atom is -0.493 e. The number of amides is 1. The number of carbonyl (C=O) groups is 1. The third-order valence-electron chi connectivity index (χ3n) is 2.44. The summed E-state index contributed by atoms with van der Waals surface area (Å²) < 4.78 is 5.43. The summed E-state index contributed by atoms with van der Waals surface area (Å²) in [6, 6.07) is 7.45. The van der Waals surface area contributed by atoms with Crippen molar-refractivity contribution in [2.45, 2.75) is 26.4 Å². The number of hydrogen-bond donors (Lipinski definition) is 2. The number of aliphatic hydroxyl groups excluding tert-OH is 1. The van der Waals surface area contributed by atoms with Crippen LogP contribution in [0.1, 0.15) is 19.4 Å². The van der Waals surface area contributed by atoms with Crippen molar-refractivity contribution in [2.24, 2.45) is 11.7 Å². The predicted molar refractivity (Wildman–Crippen MR) is 65.7 cm³/mol. The lowest BCUT2D eigenvalue weighted by Gasteiger charge is -2.10. The quantitative estimate of drug-likeness (QED) is 0.778. The maximum absolute atomic E-state index is 10.8. The third kappa shape index (κ3) is 4.87. The van der Waals surface area contributed by atoms with Crippen LogP contribution in [0, 0.1) is 5.92 Å². The molecule has 2 atom stereocenters. The van der Waals surface area contributed by atoms with E-state index in [-0.39, 0.29) is 24.5 Å². The summed E-state index contributed by atoms with van der Waals surface area (Å²) in [5, 5.41) is 9.23. The molecule has 4 nitrogen and oxygen atoms in total. The number of primary amides is 1. The second-order valence-electron chi connectivity index (χ2n) is 4.31. The summed E-state index contributed by atoms with van der Waals surface area (Å²) >= 11 is 0. The summed E-state index contributed by atoms with van der Waals surface area (Å²) in [6.45, 7) is 3.76. The Kier molecular flexibility index (Phi) is 4.97. The maximum atomic E-state index is 10.8. The third-order valence-corrected chi connectivity index (χ3v) is 2.44. The Bertz CT molecular complexity index is 359. The highest BCUT2D eigenvalue weighted by atomic mass is 16.5. The average Bonchev–Trinajstić information content (AvgIpc) is 2.26. The molecule has 94 valence electrons. The summed E-state index contributed by atoms with van der Waals surface area (Å²) in [6.07, 6.45) is 0.273. The van der Waals surface area contributed by atoms with E-state index in [4.69, 9.17) is 10.5 Å². The van der Waals surface area contributed by atoms with Crippen LogP contribution in [0.15, 0.2) is 24.3 Å². The number of rotatable bonds is 6. The molecule has 0 heterocycles. The van der Waals surface area contributed by atoms with Crippen LogP contribution >= 0.6 is 0 Å². The Balaban J connectivity index is 2.48. The zero-order valence-electron chi connectivity index (χ0n) is 10.2. The van der Waals surface area contributed by atoms with Crippen molar-refractivity contribution in [3.8, 4) is 5.75 Å². The van der Waals surface area contributed by atoms with Crippen LogP contribution in [-0.2, 0) is 11.2 Å². The SMILES string of the molecule is CC(O)Cc1ccc(OCC(C)C(N)=O)cc1. The van der Waals surface area contributed by atoms with Gasteiger partial charge >= 0.3 is 0 Å². The molecule has 1 aromatic rings. The minimum atomic E-state index is -0.365. The normalized spacial score (nSPS) is 14.1. The van der Waals surface area contributed by atoms with E-state index in [0.29, 0.717) is 12.2 Å². The van der Waals surface area contributed by atoms with Gasteiger partial charge in [-0.15, -0.1) is 0 Å². The monoisotopic (exact) mass is 237 g/mol. The maximum Gasteiger partial charge on any atom is 0.223 e. The van der Waals surface area contributed by atoms with E-state index < -0.39 is 0 Å². The van der Waals surface area contributed by atoms with E-state index >= 15 is 0 Å². The van der Waals surface area contributed by atoms with Crippen molar-refractivity contribution in [2.75, 3.05) is 6.61 Å². The van der Waals surface area contributed by atoms with Crippen molar-refractivity contribution in [1.29, 1.82) is 0 Å². The van der Waals surface area contributed by atoms with Crippen LogP contribution in [-0.4, -0.2) is 23.7 Å². The van der Waals surface area contributed by atoms with E-state index in [1.165, 1.54) is 0 Å². The molecular weight excluding hydrogens is 218 g/mol. The van der Waals surface area contributed by atoms with Gasteiger partial charge in [-0.1, -0.05) is 19.1 Å². The van der Waals surface area contributed by atoms with E-state index in [1.54, 1.807) is 13.8 Å². The van der Waals surface area contributed by atoms with Crippen molar-refractivity contribution in [1.82, 2.24) is 0 Å². The molecule has 17 heavy (non-hydrogen) atoms. The molecule has 0 spiro atoms. The number of carbonyl (C=O) groups excluding carboxylic acids is 1. The molecule has 4 heteroatoms. The molecule has 0 saturated carbocycles. The Hall–Kier alpha value is -1.55. The van der Waals surface area contributed by atoms with Gasteiger partial charge in [0.15, 0.2) is 0 Å². The Labute approximate surface area is 101 Å². The predicted octanol–water partition coefficient (Wildman–Crippen LogP) is 1.11. The second-order valence-corrected chi connectivity index (χ2v) is 4.31. The van der Waals surface area contributed by atoms with Gasteiger partial charge in [-0.25, -0.2) is 0 Å². The van der Waals surface area contributed by atoms with Crippen molar-refractivity contribution in [3.63, 3.8) is 0 Å². The summed E-state index contributed by atoms with van der Waals surface area (Å²) in [4.78, 5) is 10.8. The molecule has 0 radical (unpaired) electrons. The van der Waals surface area contributed by atoms with E-state index in [2.05, 4.69) is 0 Å². The molecule has 0 aromatic heterocycles. The van der Waals surface area contributed by atoms with Crippen molar-refractivity contribution in [3.05, 3.63) is 29.8 Å². The van der Waals surface area contributed by atoms with Crippen LogP contribution in [0.3, 0.4) is 0 Å². The lowest BCUT2D eigenvalue weighted by Crippen LogP contribution is -2.25.